The van der Waals surface area contributed by atoms with Crippen LogP contribution in [0.5, 0.6) is 0 Å². The second-order valence-electron chi connectivity index (χ2n) is 4.93. The lowest BCUT2D eigenvalue weighted by Gasteiger charge is -2.16. The van der Waals surface area contributed by atoms with Gasteiger partial charge >= 0.3 is 0 Å². The van der Waals surface area contributed by atoms with E-state index in [2.05, 4.69) is 5.32 Å². The number of likely N-dealkylation sites (N-methyl/N-ethyl adjacent to an activating group) is 1. The van der Waals surface area contributed by atoms with Crippen LogP contribution in [0.2, 0.25) is 0 Å². The highest BCUT2D eigenvalue weighted by atomic mass is 19.1. The lowest BCUT2D eigenvalue weighted by Crippen LogP contribution is -2.30. The minimum atomic E-state index is -0.261. The fourth-order valence-electron chi connectivity index (χ4n) is 1.99. The smallest absolute Gasteiger partial charge is 0.238 e. The minimum absolute atomic E-state index is 0.154. The Hall–Kier alpha value is -2.40. The zero-order valence-corrected chi connectivity index (χ0v) is 11.8. The highest BCUT2D eigenvalue weighted by Crippen LogP contribution is 2.11. The fraction of sp³-hybridized carbons (Fsp3) is 0.188. The molecule has 4 nitrogen and oxygen atoms in total. The molecule has 0 saturated heterocycles. The van der Waals surface area contributed by atoms with Gasteiger partial charge in [0.2, 0.25) is 5.91 Å². The normalized spacial score (nSPS) is 10.6. The van der Waals surface area contributed by atoms with Crippen LogP contribution < -0.4 is 11.1 Å². The van der Waals surface area contributed by atoms with Gasteiger partial charge < -0.3 is 11.1 Å². The number of carbonyl (C=O) groups is 1. The molecule has 2 aromatic rings. The van der Waals surface area contributed by atoms with Crippen molar-refractivity contribution in [2.45, 2.75) is 6.54 Å². The predicted octanol–water partition coefficient (Wildman–Crippen LogP) is 2.48. The molecule has 0 spiro atoms. The summed E-state index contributed by atoms with van der Waals surface area (Å²) in [6, 6.07) is 13.5. The molecule has 0 aliphatic heterocycles. The van der Waals surface area contributed by atoms with E-state index in [-0.39, 0.29) is 18.3 Å². The Morgan fingerprint density at radius 2 is 1.86 bits per heavy atom. The summed E-state index contributed by atoms with van der Waals surface area (Å²) >= 11 is 0. The molecule has 3 N–H and O–H groups in total. The highest BCUT2D eigenvalue weighted by molar-refractivity contribution is 5.92. The van der Waals surface area contributed by atoms with Crippen LogP contribution in [0.4, 0.5) is 15.8 Å². The standard InChI is InChI=1S/C16H18FN3O/c1-20(10-12-4-2-3-5-15(12)17)11-16(21)19-14-8-6-13(18)7-9-14/h2-9H,10-11,18H2,1H3,(H,19,21). The zero-order valence-electron chi connectivity index (χ0n) is 11.8. The molecule has 0 unspecified atom stereocenters. The number of halogens is 1. The third kappa shape index (κ3) is 4.57. The van der Waals surface area contributed by atoms with Crippen molar-refractivity contribution in [3.63, 3.8) is 0 Å². The number of anilines is 2. The number of nitrogens with zero attached hydrogens (tertiary/aromatic N) is 1. The van der Waals surface area contributed by atoms with E-state index in [9.17, 15) is 9.18 Å². The Kier molecular flexibility index (Phi) is 4.90. The monoisotopic (exact) mass is 287 g/mol. The SMILES string of the molecule is CN(CC(=O)Nc1ccc(N)cc1)Cc1ccccc1F. The Balaban J connectivity index is 1.87. The number of carbonyl (C=O) groups excluding carboxylic acids is 1. The largest absolute Gasteiger partial charge is 0.399 e. The third-order valence-corrected chi connectivity index (χ3v) is 3.01. The van der Waals surface area contributed by atoms with Gasteiger partial charge in [-0.3, -0.25) is 9.69 Å². The quantitative estimate of drug-likeness (QED) is 0.831. The average Bonchev–Trinajstić information content (AvgIpc) is 2.44. The number of hydrogen-bond acceptors (Lipinski definition) is 3. The van der Waals surface area contributed by atoms with Crippen molar-refractivity contribution in [3.8, 4) is 0 Å². The van der Waals surface area contributed by atoms with Gasteiger partial charge in [-0.1, -0.05) is 18.2 Å². The predicted molar refractivity (Wildman–Crippen MR) is 82.2 cm³/mol. The van der Waals surface area contributed by atoms with Gasteiger partial charge in [0.05, 0.1) is 6.54 Å². The summed E-state index contributed by atoms with van der Waals surface area (Å²) in [5.74, 6) is -0.415. The van der Waals surface area contributed by atoms with E-state index in [0.717, 1.165) is 0 Å². The molecule has 0 saturated carbocycles. The molecule has 0 aliphatic rings. The van der Waals surface area contributed by atoms with E-state index < -0.39 is 0 Å². The topological polar surface area (TPSA) is 58.4 Å². The van der Waals surface area contributed by atoms with Crippen LogP contribution in [-0.4, -0.2) is 24.4 Å². The van der Waals surface area contributed by atoms with Crippen molar-refractivity contribution in [1.29, 1.82) is 0 Å². The Bertz CT molecular complexity index is 613. The van der Waals surface area contributed by atoms with Crippen molar-refractivity contribution in [2.75, 3.05) is 24.6 Å². The lowest BCUT2D eigenvalue weighted by atomic mass is 10.2. The van der Waals surface area contributed by atoms with Gasteiger partial charge in [-0.15, -0.1) is 0 Å². The second-order valence-corrected chi connectivity index (χ2v) is 4.93. The van der Waals surface area contributed by atoms with Crippen molar-refractivity contribution >= 4 is 17.3 Å². The molecule has 0 fully saturated rings. The molecule has 0 bridgehead atoms. The Morgan fingerprint density at radius 1 is 1.19 bits per heavy atom. The molecule has 110 valence electrons. The van der Waals surface area contributed by atoms with Crippen LogP contribution in [0, 0.1) is 5.82 Å². The maximum Gasteiger partial charge on any atom is 0.238 e. The summed E-state index contributed by atoms with van der Waals surface area (Å²) in [4.78, 5) is 13.7. The van der Waals surface area contributed by atoms with Crippen molar-refractivity contribution in [3.05, 3.63) is 59.9 Å². The van der Waals surface area contributed by atoms with E-state index in [4.69, 9.17) is 5.73 Å². The summed E-state index contributed by atoms with van der Waals surface area (Å²) in [5, 5.41) is 2.77. The molecule has 1 amide bonds. The molecule has 0 aromatic heterocycles. The van der Waals surface area contributed by atoms with Crippen LogP contribution in [0.15, 0.2) is 48.5 Å². The second kappa shape index (κ2) is 6.85. The summed E-state index contributed by atoms with van der Waals surface area (Å²) in [5.41, 5.74) is 7.48. The summed E-state index contributed by atoms with van der Waals surface area (Å²) in [7, 11) is 1.77. The van der Waals surface area contributed by atoms with E-state index >= 15 is 0 Å². The molecule has 5 heteroatoms. The van der Waals surface area contributed by atoms with Gasteiger partial charge in [-0.25, -0.2) is 4.39 Å². The summed E-state index contributed by atoms with van der Waals surface area (Å²) in [6.07, 6.45) is 0. The molecular weight excluding hydrogens is 269 g/mol. The molecule has 0 radical (unpaired) electrons. The van der Waals surface area contributed by atoms with Crippen molar-refractivity contribution in [2.24, 2.45) is 0 Å². The van der Waals surface area contributed by atoms with Gasteiger partial charge in [0.1, 0.15) is 5.82 Å². The maximum atomic E-state index is 13.5. The number of hydrogen-bond donors (Lipinski definition) is 2. The highest BCUT2D eigenvalue weighted by Gasteiger charge is 2.09. The Morgan fingerprint density at radius 3 is 2.52 bits per heavy atom. The Labute approximate surface area is 123 Å². The van der Waals surface area contributed by atoms with Crippen LogP contribution in [0.25, 0.3) is 0 Å². The van der Waals surface area contributed by atoms with Gasteiger partial charge in [0.25, 0.3) is 0 Å². The lowest BCUT2D eigenvalue weighted by molar-refractivity contribution is -0.117. The first kappa shape index (κ1) is 15.0. The minimum Gasteiger partial charge on any atom is -0.399 e. The van der Waals surface area contributed by atoms with Gasteiger partial charge in [-0.05, 0) is 37.4 Å². The number of benzene rings is 2. The molecule has 2 aromatic carbocycles. The number of amides is 1. The van der Waals surface area contributed by atoms with E-state index in [1.165, 1.54) is 6.07 Å². The van der Waals surface area contributed by atoms with E-state index in [1.54, 1.807) is 54.4 Å². The number of rotatable bonds is 5. The first-order valence-corrected chi connectivity index (χ1v) is 6.62. The van der Waals surface area contributed by atoms with Crippen molar-refractivity contribution in [1.82, 2.24) is 4.90 Å². The average molecular weight is 287 g/mol. The van der Waals surface area contributed by atoms with Gasteiger partial charge in [-0.2, -0.15) is 0 Å². The number of nitrogens with one attached hydrogen (secondary N) is 1. The fourth-order valence-corrected chi connectivity index (χ4v) is 1.99. The maximum absolute atomic E-state index is 13.5. The first-order chi connectivity index (χ1) is 10.0. The van der Waals surface area contributed by atoms with Gasteiger partial charge in [0, 0.05) is 23.5 Å². The molecular formula is C16H18FN3O. The van der Waals surface area contributed by atoms with Crippen LogP contribution >= 0.6 is 0 Å². The van der Waals surface area contributed by atoms with Crippen LogP contribution in [-0.2, 0) is 11.3 Å². The molecule has 2 rings (SSSR count). The summed E-state index contributed by atoms with van der Waals surface area (Å²) in [6.45, 7) is 0.556. The first-order valence-electron chi connectivity index (χ1n) is 6.62. The zero-order chi connectivity index (χ0) is 15.2. The molecule has 0 aliphatic carbocycles. The van der Waals surface area contributed by atoms with Gasteiger partial charge in [0.15, 0.2) is 0 Å². The van der Waals surface area contributed by atoms with Crippen molar-refractivity contribution < 1.29 is 9.18 Å². The van der Waals surface area contributed by atoms with E-state index in [1.807, 2.05) is 0 Å². The molecule has 21 heavy (non-hydrogen) atoms. The molecule has 0 atom stereocenters. The third-order valence-electron chi connectivity index (χ3n) is 3.01. The van der Waals surface area contributed by atoms with Crippen LogP contribution in [0.1, 0.15) is 5.56 Å². The number of nitrogen functional groups attached to an aromatic ring is 1. The summed E-state index contributed by atoms with van der Waals surface area (Å²) < 4.78 is 13.5. The number of nitrogens with two attached hydrogens (primary N) is 1. The van der Waals surface area contributed by atoms with E-state index in [0.29, 0.717) is 23.5 Å². The molecule has 0 heterocycles. The van der Waals surface area contributed by atoms with Crippen LogP contribution in [0.3, 0.4) is 0 Å².